The third kappa shape index (κ3) is 2.57. The summed E-state index contributed by atoms with van der Waals surface area (Å²) in [6.07, 6.45) is 4.28. The molecule has 1 saturated heterocycles. The Hall–Kier alpha value is -3.10. The molecule has 4 heterocycles. The number of nitrogens with zero attached hydrogens (tertiary/aromatic N) is 6. The van der Waals surface area contributed by atoms with E-state index in [0.717, 1.165) is 28.9 Å². The summed E-state index contributed by atoms with van der Waals surface area (Å²) in [6.45, 7) is 1.46. The van der Waals surface area contributed by atoms with Gasteiger partial charge in [-0.25, -0.2) is 14.3 Å². The van der Waals surface area contributed by atoms with Gasteiger partial charge in [-0.05, 0) is 18.6 Å². The van der Waals surface area contributed by atoms with E-state index in [-0.39, 0.29) is 17.3 Å². The van der Waals surface area contributed by atoms with Gasteiger partial charge in [0.1, 0.15) is 17.7 Å². The number of anilines is 2. The minimum Gasteiger partial charge on any atom is -0.364 e. The molecular weight excluding hydrogens is 322 g/mol. The lowest BCUT2D eigenvalue weighted by molar-refractivity contribution is 0.672. The highest BCUT2D eigenvalue weighted by molar-refractivity contribution is 5.67. The highest BCUT2D eigenvalue weighted by Crippen LogP contribution is 2.21. The minimum absolute atomic E-state index is 0.174. The normalized spacial score (nSPS) is 17.4. The third-order valence-corrected chi connectivity index (χ3v) is 4.69. The number of aromatic nitrogens is 5. The van der Waals surface area contributed by atoms with Crippen molar-refractivity contribution < 1.29 is 0 Å². The molecule has 1 fully saturated rings. The van der Waals surface area contributed by atoms with Crippen LogP contribution in [0.4, 0.5) is 11.6 Å². The van der Waals surface area contributed by atoms with Gasteiger partial charge in [-0.3, -0.25) is 13.9 Å². The SMILES string of the molecule is Cn1c(N2CC[C@@H](Nc3ncnn4cccc34)C2)cc(=O)n(C)c1=O. The molecule has 0 spiro atoms. The summed E-state index contributed by atoms with van der Waals surface area (Å²) in [5.74, 6) is 1.43. The summed E-state index contributed by atoms with van der Waals surface area (Å²) in [5, 5.41) is 7.60. The van der Waals surface area contributed by atoms with Crippen LogP contribution in [0.15, 0.2) is 40.3 Å². The van der Waals surface area contributed by atoms with E-state index in [2.05, 4.69) is 20.3 Å². The molecule has 0 unspecified atom stereocenters. The molecule has 0 radical (unpaired) electrons. The first kappa shape index (κ1) is 15.4. The molecule has 0 amide bonds. The van der Waals surface area contributed by atoms with Crippen molar-refractivity contribution in [3.63, 3.8) is 0 Å². The summed E-state index contributed by atoms with van der Waals surface area (Å²) in [4.78, 5) is 30.4. The van der Waals surface area contributed by atoms with E-state index in [0.29, 0.717) is 12.4 Å². The summed E-state index contributed by atoms with van der Waals surface area (Å²) in [6, 6.07) is 5.57. The molecule has 130 valence electrons. The standard InChI is InChI=1S/C16H19N7O2/c1-20-13(8-14(24)21(2)16(20)25)22-7-5-11(9-22)19-15-12-4-3-6-23(12)18-10-17-15/h3-4,6,8,10-11H,5,7,9H2,1-2H3,(H,17,18,19)/t11-/m1/s1. The van der Waals surface area contributed by atoms with Crippen molar-refractivity contribution in [1.82, 2.24) is 23.7 Å². The Kier molecular flexibility index (Phi) is 3.56. The van der Waals surface area contributed by atoms with E-state index < -0.39 is 0 Å². The highest BCUT2D eigenvalue weighted by Gasteiger charge is 2.25. The summed E-state index contributed by atoms with van der Waals surface area (Å²) >= 11 is 0. The molecule has 9 nitrogen and oxygen atoms in total. The second-order valence-corrected chi connectivity index (χ2v) is 6.26. The lowest BCUT2D eigenvalue weighted by Crippen LogP contribution is -2.40. The molecule has 9 heteroatoms. The van der Waals surface area contributed by atoms with Gasteiger partial charge >= 0.3 is 5.69 Å². The van der Waals surface area contributed by atoms with Crippen LogP contribution in [0.2, 0.25) is 0 Å². The highest BCUT2D eigenvalue weighted by atomic mass is 16.2. The van der Waals surface area contributed by atoms with Gasteiger partial charge in [0.25, 0.3) is 5.56 Å². The average molecular weight is 341 g/mol. The zero-order valence-electron chi connectivity index (χ0n) is 14.1. The van der Waals surface area contributed by atoms with Gasteiger partial charge in [-0.15, -0.1) is 0 Å². The molecule has 0 aromatic carbocycles. The van der Waals surface area contributed by atoms with Crippen LogP contribution in [0.1, 0.15) is 6.42 Å². The van der Waals surface area contributed by atoms with Gasteiger partial charge in [0.2, 0.25) is 0 Å². The average Bonchev–Trinajstić information content (AvgIpc) is 3.26. The molecule has 1 N–H and O–H groups in total. The van der Waals surface area contributed by atoms with Crippen LogP contribution in [0.3, 0.4) is 0 Å². The Morgan fingerprint density at radius 3 is 2.92 bits per heavy atom. The summed E-state index contributed by atoms with van der Waals surface area (Å²) in [7, 11) is 3.17. The summed E-state index contributed by atoms with van der Waals surface area (Å²) < 4.78 is 4.39. The molecule has 1 aliphatic heterocycles. The Bertz CT molecular complexity index is 1050. The smallest absolute Gasteiger partial charge is 0.332 e. The van der Waals surface area contributed by atoms with Crippen LogP contribution < -0.4 is 21.5 Å². The van der Waals surface area contributed by atoms with Crippen molar-refractivity contribution in [3.8, 4) is 0 Å². The molecule has 1 atom stereocenters. The van der Waals surface area contributed by atoms with E-state index in [9.17, 15) is 9.59 Å². The van der Waals surface area contributed by atoms with Crippen LogP contribution in [0.25, 0.3) is 5.52 Å². The Morgan fingerprint density at radius 1 is 1.24 bits per heavy atom. The topological polar surface area (TPSA) is 89.5 Å². The van der Waals surface area contributed by atoms with E-state index >= 15 is 0 Å². The fourth-order valence-electron chi connectivity index (χ4n) is 3.28. The van der Waals surface area contributed by atoms with Crippen LogP contribution in [0, 0.1) is 0 Å². The number of rotatable bonds is 3. The van der Waals surface area contributed by atoms with Gasteiger partial charge in [0.15, 0.2) is 5.82 Å². The Labute approximate surface area is 143 Å². The van der Waals surface area contributed by atoms with Crippen molar-refractivity contribution in [2.24, 2.45) is 14.1 Å². The molecule has 25 heavy (non-hydrogen) atoms. The van der Waals surface area contributed by atoms with E-state index in [4.69, 9.17) is 0 Å². The van der Waals surface area contributed by atoms with Crippen molar-refractivity contribution in [3.05, 3.63) is 51.6 Å². The van der Waals surface area contributed by atoms with Gasteiger partial charge in [-0.2, -0.15) is 5.10 Å². The molecule has 0 bridgehead atoms. The number of nitrogens with one attached hydrogen (secondary N) is 1. The second kappa shape index (κ2) is 5.76. The fourth-order valence-corrected chi connectivity index (χ4v) is 3.28. The number of hydrogen-bond donors (Lipinski definition) is 1. The van der Waals surface area contributed by atoms with Gasteiger partial charge < -0.3 is 10.2 Å². The largest absolute Gasteiger partial charge is 0.364 e. The Morgan fingerprint density at radius 2 is 2.08 bits per heavy atom. The van der Waals surface area contributed by atoms with Gasteiger partial charge in [0.05, 0.1) is 0 Å². The first-order chi connectivity index (χ1) is 12.0. The monoisotopic (exact) mass is 341 g/mol. The van der Waals surface area contributed by atoms with Crippen LogP contribution in [-0.4, -0.2) is 42.9 Å². The minimum atomic E-state index is -0.315. The van der Waals surface area contributed by atoms with E-state index in [1.54, 1.807) is 11.6 Å². The maximum atomic E-state index is 12.1. The van der Waals surface area contributed by atoms with Crippen molar-refractivity contribution in [1.29, 1.82) is 0 Å². The maximum Gasteiger partial charge on any atom is 0.332 e. The van der Waals surface area contributed by atoms with Crippen molar-refractivity contribution in [2.45, 2.75) is 12.5 Å². The maximum absolute atomic E-state index is 12.1. The van der Waals surface area contributed by atoms with E-state index in [1.807, 2.05) is 18.3 Å². The van der Waals surface area contributed by atoms with Crippen LogP contribution in [0.5, 0.6) is 0 Å². The zero-order chi connectivity index (χ0) is 17.6. The molecule has 0 saturated carbocycles. The zero-order valence-corrected chi connectivity index (χ0v) is 14.1. The fraction of sp³-hybridized carbons (Fsp3) is 0.375. The number of fused-ring (bicyclic) bond motifs is 1. The van der Waals surface area contributed by atoms with Crippen LogP contribution in [-0.2, 0) is 14.1 Å². The molecule has 3 aromatic rings. The third-order valence-electron chi connectivity index (χ3n) is 4.69. The van der Waals surface area contributed by atoms with Crippen molar-refractivity contribution >= 4 is 17.2 Å². The first-order valence-corrected chi connectivity index (χ1v) is 8.11. The molecule has 3 aromatic heterocycles. The Balaban J connectivity index is 1.57. The molecule has 4 rings (SSSR count). The van der Waals surface area contributed by atoms with Gasteiger partial charge in [-0.1, -0.05) is 0 Å². The lowest BCUT2D eigenvalue weighted by Gasteiger charge is -2.21. The molecule has 0 aliphatic carbocycles. The number of hydrogen-bond acceptors (Lipinski definition) is 6. The molecular formula is C16H19N7O2. The van der Waals surface area contributed by atoms with Gasteiger partial charge in [0, 0.05) is 45.5 Å². The quantitative estimate of drug-likeness (QED) is 0.711. The predicted molar refractivity (Wildman–Crippen MR) is 94.2 cm³/mol. The summed E-state index contributed by atoms with van der Waals surface area (Å²) in [5.41, 5.74) is 0.312. The molecule has 1 aliphatic rings. The second-order valence-electron chi connectivity index (χ2n) is 6.26. The van der Waals surface area contributed by atoms with E-state index in [1.165, 1.54) is 24.0 Å². The predicted octanol–water partition coefficient (Wildman–Crippen LogP) is -0.182. The first-order valence-electron chi connectivity index (χ1n) is 8.11. The lowest BCUT2D eigenvalue weighted by atomic mass is 10.2. The van der Waals surface area contributed by atoms with Crippen molar-refractivity contribution in [2.75, 3.05) is 23.3 Å². The van der Waals surface area contributed by atoms with Crippen LogP contribution >= 0.6 is 0 Å².